The van der Waals surface area contributed by atoms with Crippen molar-refractivity contribution in [1.82, 2.24) is 9.78 Å². The Balaban J connectivity index is 2.50. The highest BCUT2D eigenvalue weighted by atomic mass is 15.3. The fraction of sp³-hybridized carbons (Fsp3) is 0.625. The predicted molar refractivity (Wildman–Crippen MR) is 46.6 cm³/mol. The molecule has 3 nitrogen and oxygen atoms in total. The van der Waals surface area contributed by atoms with Gasteiger partial charge in [-0.25, -0.2) is 0 Å². The molecule has 11 heavy (non-hydrogen) atoms. The molecule has 0 saturated heterocycles. The van der Waals surface area contributed by atoms with Crippen molar-refractivity contribution in [3.8, 4) is 0 Å². The van der Waals surface area contributed by atoms with Gasteiger partial charge in [0.25, 0.3) is 0 Å². The maximum Gasteiger partial charge on any atom is 0.148 e. The fourth-order valence-electron chi connectivity index (χ4n) is 0.847. The van der Waals surface area contributed by atoms with E-state index in [0.717, 1.165) is 12.2 Å². The minimum absolute atomic E-state index is 0.505. The van der Waals surface area contributed by atoms with Crippen LogP contribution in [0.5, 0.6) is 0 Å². The first-order valence-corrected chi connectivity index (χ1v) is 3.98. The summed E-state index contributed by atoms with van der Waals surface area (Å²) in [7, 11) is 1.92. The van der Waals surface area contributed by atoms with Crippen LogP contribution in [0.3, 0.4) is 0 Å². The van der Waals surface area contributed by atoms with E-state index in [-0.39, 0.29) is 0 Å². The average Bonchev–Trinajstić information content (AvgIpc) is 2.35. The van der Waals surface area contributed by atoms with Gasteiger partial charge in [-0.15, -0.1) is 0 Å². The topological polar surface area (TPSA) is 29.9 Å². The molecular formula is C8H15N3. The van der Waals surface area contributed by atoms with Crippen LogP contribution in [0.4, 0.5) is 5.82 Å². The Hall–Kier alpha value is -0.990. The van der Waals surface area contributed by atoms with Gasteiger partial charge in [-0.2, -0.15) is 5.10 Å². The highest BCUT2D eigenvalue weighted by Crippen LogP contribution is 2.04. The Morgan fingerprint density at radius 1 is 1.73 bits per heavy atom. The van der Waals surface area contributed by atoms with Crippen LogP contribution in [-0.2, 0) is 7.05 Å². The predicted octanol–water partition coefficient (Wildman–Crippen LogP) is 1.63. The number of hydrogen-bond donors (Lipinski definition) is 1. The Labute approximate surface area is 67.4 Å². The maximum atomic E-state index is 4.20. The molecule has 1 unspecified atom stereocenters. The molecule has 0 amide bonds. The zero-order valence-corrected chi connectivity index (χ0v) is 7.33. The number of nitrogens with one attached hydrogen (secondary N) is 1. The number of aryl methyl sites for hydroxylation is 1. The van der Waals surface area contributed by atoms with E-state index in [1.165, 1.54) is 0 Å². The molecule has 1 rings (SSSR count). The lowest BCUT2D eigenvalue weighted by Gasteiger charge is -2.08. The highest BCUT2D eigenvalue weighted by molar-refractivity contribution is 5.32. The van der Waals surface area contributed by atoms with Gasteiger partial charge in [0.15, 0.2) is 0 Å². The van der Waals surface area contributed by atoms with Gasteiger partial charge in [-0.05, 0) is 13.3 Å². The third-order valence-corrected chi connectivity index (χ3v) is 1.72. The third kappa shape index (κ3) is 2.26. The lowest BCUT2D eigenvalue weighted by Crippen LogP contribution is -2.13. The van der Waals surface area contributed by atoms with Crippen LogP contribution in [0.1, 0.15) is 20.3 Å². The minimum Gasteiger partial charge on any atom is -0.366 e. The summed E-state index contributed by atoms with van der Waals surface area (Å²) >= 11 is 0. The van der Waals surface area contributed by atoms with Gasteiger partial charge >= 0.3 is 0 Å². The molecule has 1 aromatic heterocycles. The molecule has 0 saturated carbocycles. The molecule has 0 bridgehead atoms. The maximum absolute atomic E-state index is 4.20. The van der Waals surface area contributed by atoms with Crippen LogP contribution in [0, 0.1) is 0 Å². The van der Waals surface area contributed by atoms with Crippen molar-refractivity contribution in [3.05, 3.63) is 12.3 Å². The molecule has 0 aliphatic rings. The van der Waals surface area contributed by atoms with E-state index in [1.54, 1.807) is 4.68 Å². The van der Waals surface area contributed by atoms with Gasteiger partial charge in [-0.3, -0.25) is 4.68 Å². The van der Waals surface area contributed by atoms with E-state index in [9.17, 15) is 0 Å². The second-order valence-electron chi connectivity index (χ2n) is 2.83. The molecule has 1 heterocycles. The first-order valence-electron chi connectivity index (χ1n) is 3.98. The van der Waals surface area contributed by atoms with Gasteiger partial charge in [0.1, 0.15) is 5.82 Å². The third-order valence-electron chi connectivity index (χ3n) is 1.72. The zero-order valence-electron chi connectivity index (χ0n) is 7.33. The van der Waals surface area contributed by atoms with Crippen molar-refractivity contribution in [2.24, 2.45) is 7.05 Å². The monoisotopic (exact) mass is 153 g/mol. The molecule has 0 aliphatic heterocycles. The summed E-state index contributed by atoms with van der Waals surface area (Å²) in [4.78, 5) is 0. The molecule has 1 N–H and O–H groups in total. The molecule has 62 valence electrons. The van der Waals surface area contributed by atoms with Crippen molar-refractivity contribution in [2.75, 3.05) is 5.32 Å². The Bertz CT molecular complexity index is 217. The van der Waals surface area contributed by atoms with E-state index in [0.29, 0.717) is 6.04 Å². The van der Waals surface area contributed by atoms with E-state index >= 15 is 0 Å². The van der Waals surface area contributed by atoms with Crippen molar-refractivity contribution < 1.29 is 0 Å². The lowest BCUT2D eigenvalue weighted by molar-refractivity contribution is 0.734. The first kappa shape index (κ1) is 8.11. The Kier molecular flexibility index (Phi) is 2.52. The molecule has 3 heteroatoms. The SMILES string of the molecule is CCC(C)Nc1ccn(C)n1. The van der Waals surface area contributed by atoms with Crippen molar-refractivity contribution in [1.29, 1.82) is 0 Å². The number of hydrogen-bond acceptors (Lipinski definition) is 2. The van der Waals surface area contributed by atoms with Crippen LogP contribution in [-0.4, -0.2) is 15.8 Å². The van der Waals surface area contributed by atoms with Crippen LogP contribution in [0.2, 0.25) is 0 Å². The standard InChI is InChI=1S/C8H15N3/c1-4-7(2)9-8-5-6-11(3)10-8/h5-7H,4H2,1-3H3,(H,9,10). The van der Waals surface area contributed by atoms with Crippen molar-refractivity contribution in [3.63, 3.8) is 0 Å². The largest absolute Gasteiger partial charge is 0.366 e. The summed E-state index contributed by atoms with van der Waals surface area (Å²) in [6.45, 7) is 4.30. The van der Waals surface area contributed by atoms with Gasteiger partial charge in [-0.1, -0.05) is 6.92 Å². The molecule has 1 aromatic rings. The van der Waals surface area contributed by atoms with Gasteiger partial charge in [0, 0.05) is 25.4 Å². The normalized spacial score (nSPS) is 13.0. The van der Waals surface area contributed by atoms with E-state index in [4.69, 9.17) is 0 Å². The van der Waals surface area contributed by atoms with E-state index in [1.807, 2.05) is 19.3 Å². The molecule has 0 radical (unpaired) electrons. The van der Waals surface area contributed by atoms with E-state index in [2.05, 4.69) is 24.3 Å². The molecule has 0 aromatic carbocycles. The van der Waals surface area contributed by atoms with Crippen LogP contribution < -0.4 is 5.32 Å². The quantitative estimate of drug-likeness (QED) is 0.715. The number of anilines is 1. The second-order valence-corrected chi connectivity index (χ2v) is 2.83. The van der Waals surface area contributed by atoms with Crippen LogP contribution in [0.25, 0.3) is 0 Å². The number of aromatic nitrogens is 2. The summed E-state index contributed by atoms with van der Waals surface area (Å²) in [6, 6.07) is 2.48. The summed E-state index contributed by atoms with van der Waals surface area (Å²) in [5, 5.41) is 7.48. The second kappa shape index (κ2) is 3.42. The Morgan fingerprint density at radius 2 is 2.45 bits per heavy atom. The van der Waals surface area contributed by atoms with Gasteiger partial charge < -0.3 is 5.32 Å². The van der Waals surface area contributed by atoms with Crippen LogP contribution >= 0.6 is 0 Å². The van der Waals surface area contributed by atoms with Crippen molar-refractivity contribution in [2.45, 2.75) is 26.3 Å². The minimum atomic E-state index is 0.505. The Morgan fingerprint density at radius 3 is 2.91 bits per heavy atom. The smallest absolute Gasteiger partial charge is 0.148 e. The summed E-state index contributed by atoms with van der Waals surface area (Å²) in [5.41, 5.74) is 0. The lowest BCUT2D eigenvalue weighted by atomic mass is 10.3. The van der Waals surface area contributed by atoms with Crippen molar-refractivity contribution >= 4 is 5.82 Å². The number of rotatable bonds is 3. The van der Waals surface area contributed by atoms with Crippen LogP contribution in [0.15, 0.2) is 12.3 Å². The summed E-state index contributed by atoms with van der Waals surface area (Å²) in [6.07, 6.45) is 3.06. The summed E-state index contributed by atoms with van der Waals surface area (Å²) in [5.74, 6) is 0.960. The molecule has 0 aliphatic carbocycles. The molecule has 1 atom stereocenters. The fourth-order valence-corrected chi connectivity index (χ4v) is 0.847. The summed E-state index contributed by atoms with van der Waals surface area (Å²) < 4.78 is 1.80. The number of nitrogens with zero attached hydrogens (tertiary/aromatic N) is 2. The first-order chi connectivity index (χ1) is 5.22. The highest BCUT2D eigenvalue weighted by Gasteiger charge is 1.99. The molecular weight excluding hydrogens is 138 g/mol. The zero-order chi connectivity index (χ0) is 8.27. The molecule has 0 spiro atoms. The molecule has 0 fully saturated rings. The van der Waals surface area contributed by atoms with E-state index < -0.39 is 0 Å². The average molecular weight is 153 g/mol. The van der Waals surface area contributed by atoms with Gasteiger partial charge in [0.05, 0.1) is 0 Å². The van der Waals surface area contributed by atoms with Gasteiger partial charge in [0.2, 0.25) is 0 Å².